The van der Waals surface area contributed by atoms with Crippen LogP contribution in [0.4, 0.5) is 5.00 Å². The molecule has 9 nitrogen and oxygen atoms in total. The van der Waals surface area contributed by atoms with E-state index < -0.39 is 33.9 Å². The van der Waals surface area contributed by atoms with Gasteiger partial charge in [0.25, 0.3) is 11.8 Å². The smallest absolute Gasteiger partial charge is 0.338 e. The summed E-state index contributed by atoms with van der Waals surface area (Å²) in [5.74, 6) is -2.17. The third kappa shape index (κ3) is 4.69. The Kier molecular flexibility index (Phi) is 6.54. The average molecular weight is 452 g/mol. The van der Waals surface area contributed by atoms with Crippen molar-refractivity contribution in [2.24, 2.45) is 5.73 Å². The molecule has 2 aromatic rings. The number of benzene rings is 1. The van der Waals surface area contributed by atoms with Gasteiger partial charge in [-0.05, 0) is 49.4 Å². The number of anilines is 1. The number of carbonyl (C=O) groups excluding carboxylic acids is 3. The maximum atomic E-state index is 12.7. The first-order valence-electron chi connectivity index (χ1n) is 9.19. The lowest BCUT2D eigenvalue weighted by Gasteiger charge is -2.16. The largest absolute Gasteiger partial charge is 0.449 e. The number of amides is 2. The molecule has 1 fully saturated rings. The Labute approximate surface area is 177 Å². The lowest BCUT2D eigenvalue weighted by atomic mass is 10.2. The zero-order valence-electron chi connectivity index (χ0n) is 16.2. The van der Waals surface area contributed by atoms with Crippen LogP contribution in [-0.4, -0.2) is 49.7 Å². The molecule has 0 spiro atoms. The first-order valence-corrected chi connectivity index (χ1v) is 11.5. The summed E-state index contributed by atoms with van der Waals surface area (Å²) in [4.78, 5) is 36.1. The second-order valence-corrected chi connectivity index (χ2v) is 9.56. The topological polar surface area (TPSA) is 136 Å². The van der Waals surface area contributed by atoms with Crippen molar-refractivity contribution in [3.05, 3.63) is 46.8 Å². The highest BCUT2D eigenvalue weighted by Gasteiger charge is 2.28. The first-order chi connectivity index (χ1) is 14.2. The number of esters is 1. The molecule has 0 bridgehead atoms. The average Bonchev–Trinajstić information content (AvgIpc) is 3.40. The maximum absolute atomic E-state index is 12.7. The summed E-state index contributed by atoms with van der Waals surface area (Å²) in [6, 6.07) is 7.01. The van der Waals surface area contributed by atoms with Gasteiger partial charge in [-0.3, -0.25) is 9.59 Å². The van der Waals surface area contributed by atoms with E-state index in [2.05, 4.69) is 5.32 Å². The zero-order valence-corrected chi connectivity index (χ0v) is 17.8. The molecule has 11 heteroatoms. The van der Waals surface area contributed by atoms with Crippen molar-refractivity contribution in [1.29, 1.82) is 0 Å². The van der Waals surface area contributed by atoms with Gasteiger partial charge < -0.3 is 15.8 Å². The molecule has 3 N–H and O–H groups in total. The Hall–Kier alpha value is -2.76. The molecular weight excluding hydrogens is 430 g/mol. The highest BCUT2D eigenvalue weighted by Crippen LogP contribution is 2.24. The number of primary amides is 1. The Bertz CT molecular complexity index is 1070. The lowest BCUT2D eigenvalue weighted by molar-refractivity contribution is -0.123. The lowest BCUT2D eigenvalue weighted by Crippen LogP contribution is -2.30. The van der Waals surface area contributed by atoms with Crippen molar-refractivity contribution in [3.8, 4) is 0 Å². The highest BCUT2D eigenvalue weighted by molar-refractivity contribution is 7.89. The predicted octanol–water partition coefficient (Wildman–Crippen LogP) is 1.82. The maximum Gasteiger partial charge on any atom is 0.338 e. The molecule has 1 aromatic heterocycles. The standard InChI is InChI=1S/C19H21N3O6S2/c1-12(17(24)21-18-15(16(20)23)7-10-29-18)28-19(25)13-5-4-6-14(11-13)30(26,27)22-8-2-3-9-22/h4-7,10-12H,2-3,8-9H2,1H3,(H2,20,23)(H,21,24). The van der Waals surface area contributed by atoms with Gasteiger partial charge in [-0.1, -0.05) is 6.07 Å². The fraction of sp³-hybridized carbons (Fsp3) is 0.316. The molecule has 1 atom stereocenters. The Morgan fingerprint density at radius 3 is 2.57 bits per heavy atom. The molecule has 2 heterocycles. The molecule has 1 unspecified atom stereocenters. The van der Waals surface area contributed by atoms with Crippen molar-refractivity contribution < 1.29 is 27.5 Å². The number of hydrogen-bond donors (Lipinski definition) is 2. The van der Waals surface area contributed by atoms with E-state index in [0.29, 0.717) is 13.1 Å². The molecule has 0 radical (unpaired) electrons. The van der Waals surface area contributed by atoms with Crippen molar-refractivity contribution in [3.63, 3.8) is 0 Å². The molecule has 1 aliphatic heterocycles. The van der Waals surface area contributed by atoms with Crippen LogP contribution in [0.2, 0.25) is 0 Å². The van der Waals surface area contributed by atoms with Gasteiger partial charge in [0.1, 0.15) is 5.00 Å². The van der Waals surface area contributed by atoms with Crippen LogP contribution >= 0.6 is 11.3 Å². The second kappa shape index (κ2) is 8.94. The van der Waals surface area contributed by atoms with Crippen LogP contribution in [-0.2, 0) is 19.6 Å². The molecule has 2 amide bonds. The number of nitrogens with two attached hydrogens (primary N) is 1. The van der Waals surface area contributed by atoms with Crippen molar-refractivity contribution in [2.75, 3.05) is 18.4 Å². The van der Waals surface area contributed by atoms with Crippen molar-refractivity contribution in [1.82, 2.24) is 4.31 Å². The molecule has 30 heavy (non-hydrogen) atoms. The number of nitrogens with one attached hydrogen (secondary N) is 1. The van der Waals surface area contributed by atoms with Crippen LogP contribution in [0, 0.1) is 0 Å². The van der Waals surface area contributed by atoms with Crippen LogP contribution in [0.25, 0.3) is 0 Å². The van der Waals surface area contributed by atoms with E-state index in [4.69, 9.17) is 10.5 Å². The van der Waals surface area contributed by atoms with E-state index in [9.17, 15) is 22.8 Å². The number of ether oxygens (including phenoxy) is 1. The van der Waals surface area contributed by atoms with E-state index >= 15 is 0 Å². The molecule has 3 rings (SSSR count). The van der Waals surface area contributed by atoms with Crippen LogP contribution in [0.1, 0.15) is 40.5 Å². The van der Waals surface area contributed by atoms with Crippen LogP contribution in [0.5, 0.6) is 0 Å². The van der Waals surface area contributed by atoms with Gasteiger partial charge in [0, 0.05) is 13.1 Å². The quantitative estimate of drug-likeness (QED) is 0.616. The number of carbonyl (C=O) groups is 3. The minimum atomic E-state index is -3.68. The van der Waals surface area contributed by atoms with Crippen molar-refractivity contribution in [2.45, 2.75) is 30.8 Å². The Morgan fingerprint density at radius 2 is 1.90 bits per heavy atom. The highest BCUT2D eigenvalue weighted by atomic mass is 32.2. The monoisotopic (exact) mass is 451 g/mol. The SMILES string of the molecule is CC(OC(=O)c1cccc(S(=O)(=O)N2CCCC2)c1)C(=O)Nc1sccc1C(N)=O. The fourth-order valence-corrected chi connectivity index (χ4v) is 5.32. The van der Waals surface area contributed by atoms with E-state index in [1.165, 1.54) is 41.6 Å². The summed E-state index contributed by atoms with van der Waals surface area (Å²) in [5, 5.41) is 4.35. The van der Waals surface area contributed by atoms with Crippen LogP contribution in [0.3, 0.4) is 0 Å². The van der Waals surface area contributed by atoms with E-state index in [0.717, 1.165) is 24.2 Å². The third-order valence-electron chi connectivity index (χ3n) is 4.59. The minimum Gasteiger partial charge on any atom is -0.449 e. The van der Waals surface area contributed by atoms with Crippen molar-refractivity contribution >= 4 is 44.1 Å². The summed E-state index contributed by atoms with van der Waals surface area (Å²) in [5.41, 5.74) is 5.42. The molecule has 160 valence electrons. The summed E-state index contributed by atoms with van der Waals surface area (Å²) in [6.45, 7) is 2.27. The zero-order chi connectivity index (χ0) is 21.9. The number of hydrogen-bond acceptors (Lipinski definition) is 7. The number of thiophene rings is 1. The normalized spacial score (nSPS) is 15.5. The molecule has 1 saturated heterocycles. The van der Waals surface area contributed by atoms with Gasteiger partial charge in [-0.2, -0.15) is 4.31 Å². The summed E-state index contributed by atoms with van der Waals surface area (Å²) in [6.07, 6.45) is 0.420. The summed E-state index contributed by atoms with van der Waals surface area (Å²) < 4.78 is 31.9. The van der Waals surface area contributed by atoms with E-state index in [1.54, 1.807) is 5.38 Å². The number of nitrogens with zero attached hydrogens (tertiary/aromatic N) is 1. The van der Waals surface area contributed by atoms with E-state index in [-0.39, 0.29) is 21.0 Å². The molecular formula is C19H21N3O6S2. The van der Waals surface area contributed by atoms with Crippen LogP contribution in [0.15, 0.2) is 40.6 Å². The Balaban J connectivity index is 1.69. The summed E-state index contributed by atoms with van der Waals surface area (Å²) >= 11 is 1.11. The minimum absolute atomic E-state index is 0.000593. The summed E-state index contributed by atoms with van der Waals surface area (Å²) in [7, 11) is -3.68. The van der Waals surface area contributed by atoms with Gasteiger partial charge in [0.05, 0.1) is 16.0 Å². The van der Waals surface area contributed by atoms with E-state index in [1.807, 2.05) is 0 Å². The van der Waals surface area contributed by atoms with Crippen LogP contribution < -0.4 is 11.1 Å². The van der Waals surface area contributed by atoms with Gasteiger partial charge in [-0.15, -0.1) is 11.3 Å². The number of rotatable bonds is 7. The molecule has 0 saturated carbocycles. The Morgan fingerprint density at radius 1 is 1.20 bits per heavy atom. The third-order valence-corrected chi connectivity index (χ3v) is 7.32. The predicted molar refractivity (Wildman–Crippen MR) is 111 cm³/mol. The molecule has 1 aromatic carbocycles. The van der Waals surface area contributed by atoms with Gasteiger partial charge in [0.2, 0.25) is 10.0 Å². The fourth-order valence-electron chi connectivity index (χ4n) is 2.96. The molecule has 1 aliphatic rings. The van der Waals surface area contributed by atoms with Gasteiger partial charge in [-0.25, -0.2) is 13.2 Å². The van der Waals surface area contributed by atoms with Gasteiger partial charge >= 0.3 is 5.97 Å². The molecule has 0 aliphatic carbocycles. The van der Waals surface area contributed by atoms with Gasteiger partial charge in [0.15, 0.2) is 6.10 Å². The second-order valence-electron chi connectivity index (χ2n) is 6.70. The number of sulfonamides is 1. The first kappa shape index (κ1) is 21.9.